The van der Waals surface area contributed by atoms with E-state index in [4.69, 9.17) is 0 Å². The number of halogens is 3. The maximum atomic E-state index is 12.1. The average molecular weight is 246 g/mol. The van der Waals surface area contributed by atoms with E-state index in [1.54, 1.807) is 0 Å². The van der Waals surface area contributed by atoms with Crippen LogP contribution in [0.25, 0.3) is 0 Å². The van der Waals surface area contributed by atoms with Gasteiger partial charge in [-0.05, 0) is 25.2 Å². The van der Waals surface area contributed by atoms with Crippen LogP contribution in [0.2, 0.25) is 0 Å². The second kappa shape index (κ2) is 4.70. The van der Waals surface area contributed by atoms with Crippen molar-refractivity contribution in [2.24, 2.45) is 5.92 Å². The molecule has 0 aromatic carbocycles. The number of H-pyrrole nitrogens is 1. The van der Waals surface area contributed by atoms with Gasteiger partial charge in [0.2, 0.25) is 0 Å². The van der Waals surface area contributed by atoms with E-state index in [9.17, 15) is 13.2 Å². The first-order valence-corrected chi connectivity index (χ1v) is 6.11. The minimum Gasteiger partial charge on any atom is -0.346 e. The van der Waals surface area contributed by atoms with Crippen LogP contribution in [-0.2, 0) is 19.3 Å². The molecule has 1 N–H and O–H groups in total. The van der Waals surface area contributed by atoms with Crippen LogP contribution in [0.5, 0.6) is 0 Å². The Labute approximate surface area is 98.6 Å². The van der Waals surface area contributed by atoms with Gasteiger partial charge in [0.05, 0.1) is 12.1 Å². The zero-order valence-electron chi connectivity index (χ0n) is 9.90. The van der Waals surface area contributed by atoms with Gasteiger partial charge in [0, 0.05) is 12.1 Å². The fourth-order valence-electron chi connectivity index (χ4n) is 2.34. The predicted molar refractivity (Wildman–Crippen MR) is 58.8 cm³/mol. The number of nitrogens with one attached hydrogen (secondary N) is 1. The van der Waals surface area contributed by atoms with Crippen LogP contribution in [-0.4, -0.2) is 16.1 Å². The van der Waals surface area contributed by atoms with Crippen molar-refractivity contribution in [3.05, 3.63) is 17.2 Å². The largest absolute Gasteiger partial charge is 0.389 e. The molecule has 0 saturated heterocycles. The molecule has 0 bridgehead atoms. The Bertz CT molecular complexity index is 382. The summed E-state index contributed by atoms with van der Waals surface area (Å²) < 4.78 is 36.3. The molecular weight excluding hydrogens is 229 g/mol. The maximum absolute atomic E-state index is 12.1. The fraction of sp³-hybridized carbons (Fsp3) is 0.750. The zero-order valence-corrected chi connectivity index (χ0v) is 9.90. The fourth-order valence-corrected chi connectivity index (χ4v) is 2.34. The molecule has 5 heteroatoms. The third-order valence-electron chi connectivity index (χ3n) is 3.42. The highest BCUT2D eigenvalue weighted by atomic mass is 19.4. The number of nitrogens with zero attached hydrogens (tertiary/aromatic N) is 1. The molecule has 0 spiro atoms. The van der Waals surface area contributed by atoms with Gasteiger partial charge in [-0.2, -0.15) is 13.2 Å². The number of imidazole rings is 1. The molecule has 1 unspecified atom stereocenters. The highest BCUT2D eigenvalue weighted by Crippen LogP contribution is 2.27. The minimum absolute atomic E-state index is 0.0344. The van der Waals surface area contributed by atoms with Crippen molar-refractivity contribution in [3.63, 3.8) is 0 Å². The number of alkyl halides is 3. The van der Waals surface area contributed by atoms with E-state index in [1.807, 2.05) is 0 Å². The van der Waals surface area contributed by atoms with Gasteiger partial charge >= 0.3 is 6.18 Å². The Balaban J connectivity index is 2.00. The topological polar surface area (TPSA) is 28.7 Å². The standard InChI is InChI=1S/C12H17F3N2/c1-2-8-3-4-9-10(7-8)17-11(16-9)5-6-12(13,14)15/h8H,2-7H2,1H3,(H,16,17). The molecule has 0 aliphatic heterocycles. The average Bonchev–Trinajstić information content (AvgIpc) is 2.66. The molecule has 1 aromatic rings. The maximum Gasteiger partial charge on any atom is 0.389 e. The molecule has 1 atom stereocenters. The molecule has 1 heterocycles. The summed E-state index contributed by atoms with van der Waals surface area (Å²) in [7, 11) is 0. The van der Waals surface area contributed by atoms with Crippen molar-refractivity contribution in [2.45, 2.75) is 51.6 Å². The Kier molecular flexibility index (Phi) is 3.45. The summed E-state index contributed by atoms with van der Waals surface area (Å²) in [4.78, 5) is 7.33. The summed E-state index contributed by atoms with van der Waals surface area (Å²) in [6.45, 7) is 2.15. The molecule has 1 aliphatic carbocycles. The third kappa shape index (κ3) is 3.23. The number of hydrogen-bond donors (Lipinski definition) is 1. The molecule has 0 amide bonds. The van der Waals surface area contributed by atoms with Crippen molar-refractivity contribution in [2.75, 3.05) is 0 Å². The van der Waals surface area contributed by atoms with Crippen LogP contribution < -0.4 is 0 Å². The summed E-state index contributed by atoms with van der Waals surface area (Å²) >= 11 is 0. The lowest BCUT2D eigenvalue weighted by Gasteiger charge is -2.19. The van der Waals surface area contributed by atoms with Crippen LogP contribution in [0.4, 0.5) is 13.2 Å². The van der Waals surface area contributed by atoms with Gasteiger partial charge in [-0.15, -0.1) is 0 Å². The monoisotopic (exact) mass is 246 g/mol. The van der Waals surface area contributed by atoms with Crippen LogP contribution in [0.15, 0.2) is 0 Å². The van der Waals surface area contributed by atoms with Crippen molar-refractivity contribution in [1.29, 1.82) is 0 Å². The van der Waals surface area contributed by atoms with Crippen molar-refractivity contribution in [1.82, 2.24) is 9.97 Å². The van der Waals surface area contributed by atoms with E-state index in [0.29, 0.717) is 11.7 Å². The van der Waals surface area contributed by atoms with E-state index in [0.717, 1.165) is 37.1 Å². The number of aromatic nitrogens is 2. The Morgan fingerprint density at radius 1 is 1.41 bits per heavy atom. The van der Waals surface area contributed by atoms with Gasteiger partial charge < -0.3 is 4.98 Å². The van der Waals surface area contributed by atoms with E-state index in [2.05, 4.69) is 16.9 Å². The lowest BCUT2D eigenvalue weighted by Crippen LogP contribution is -2.12. The second-order valence-corrected chi connectivity index (χ2v) is 4.74. The number of rotatable bonds is 3. The van der Waals surface area contributed by atoms with Crippen molar-refractivity contribution in [3.8, 4) is 0 Å². The number of fused-ring (bicyclic) bond motifs is 1. The van der Waals surface area contributed by atoms with Crippen molar-refractivity contribution < 1.29 is 13.2 Å². The molecular formula is C12H17F3N2. The van der Waals surface area contributed by atoms with Crippen LogP contribution in [0.3, 0.4) is 0 Å². The highest BCUT2D eigenvalue weighted by Gasteiger charge is 2.28. The SMILES string of the molecule is CCC1CCc2nc(CCC(F)(F)F)[nH]c2C1. The zero-order chi connectivity index (χ0) is 12.5. The molecule has 96 valence electrons. The summed E-state index contributed by atoms with van der Waals surface area (Å²) in [6.07, 6.45) is -0.867. The van der Waals surface area contributed by atoms with Gasteiger partial charge in [0.15, 0.2) is 0 Å². The van der Waals surface area contributed by atoms with E-state index in [-0.39, 0.29) is 6.42 Å². The smallest absolute Gasteiger partial charge is 0.346 e. The molecule has 0 radical (unpaired) electrons. The molecule has 2 nitrogen and oxygen atoms in total. The first-order valence-electron chi connectivity index (χ1n) is 6.11. The highest BCUT2D eigenvalue weighted by molar-refractivity contribution is 5.18. The summed E-state index contributed by atoms with van der Waals surface area (Å²) in [5.41, 5.74) is 2.03. The summed E-state index contributed by atoms with van der Waals surface area (Å²) in [6, 6.07) is 0. The quantitative estimate of drug-likeness (QED) is 0.869. The van der Waals surface area contributed by atoms with Crippen molar-refractivity contribution >= 4 is 0 Å². The van der Waals surface area contributed by atoms with Gasteiger partial charge in [0.25, 0.3) is 0 Å². The Morgan fingerprint density at radius 2 is 2.18 bits per heavy atom. The Morgan fingerprint density at radius 3 is 2.82 bits per heavy atom. The van der Waals surface area contributed by atoms with Gasteiger partial charge in [-0.3, -0.25) is 0 Å². The molecule has 17 heavy (non-hydrogen) atoms. The van der Waals surface area contributed by atoms with Gasteiger partial charge in [0.1, 0.15) is 5.82 Å². The lowest BCUT2D eigenvalue weighted by atomic mass is 9.88. The first kappa shape index (κ1) is 12.5. The molecule has 1 aliphatic rings. The number of hydrogen-bond acceptors (Lipinski definition) is 1. The van der Waals surface area contributed by atoms with Crippen LogP contribution >= 0.6 is 0 Å². The van der Waals surface area contributed by atoms with E-state index >= 15 is 0 Å². The van der Waals surface area contributed by atoms with Gasteiger partial charge in [-0.1, -0.05) is 13.3 Å². The number of aromatic amines is 1. The van der Waals surface area contributed by atoms with E-state index < -0.39 is 12.6 Å². The number of aryl methyl sites for hydroxylation is 2. The third-order valence-corrected chi connectivity index (χ3v) is 3.42. The molecule has 2 rings (SSSR count). The minimum atomic E-state index is -4.10. The van der Waals surface area contributed by atoms with E-state index in [1.165, 1.54) is 0 Å². The molecule has 0 saturated carbocycles. The summed E-state index contributed by atoms with van der Waals surface area (Å²) in [5, 5.41) is 0. The normalized spacial score (nSPS) is 20.4. The summed E-state index contributed by atoms with van der Waals surface area (Å²) in [5.74, 6) is 1.14. The second-order valence-electron chi connectivity index (χ2n) is 4.74. The molecule has 0 fully saturated rings. The molecule has 1 aromatic heterocycles. The van der Waals surface area contributed by atoms with Crippen LogP contribution in [0, 0.1) is 5.92 Å². The van der Waals surface area contributed by atoms with Gasteiger partial charge in [-0.25, -0.2) is 4.98 Å². The lowest BCUT2D eigenvalue weighted by molar-refractivity contribution is -0.134. The predicted octanol–water partition coefficient (Wildman–Crippen LogP) is 3.42. The van der Waals surface area contributed by atoms with Crippen LogP contribution in [0.1, 0.15) is 43.4 Å². The Hall–Kier alpha value is -1.00. The first-order chi connectivity index (χ1) is 7.98.